The molecule has 0 unspecified atom stereocenters. The third kappa shape index (κ3) is 3.36. The summed E-state index contributed by atoms with van der Waals surface area (Å²) in [6.45, 7) is 5.55. The van der Waals surface area contributed by atoms with Gasteiger partial charge >= 0.3 is 0 Å². The topological polar surface area (TPSA) is 42.0 Å². The first-order valence-electron chi connectivity index (χ1n) is 6.52. The minimum atomic E-state index is -0.684. The molecule has 0 saturated carbocycles. The number of anilines is 1. The van der Waals surface area contributed by atoms with Gasteiger partial charge in [-0.1, -0.05) is 53.5 Å². The number of hydrogen-bond donors (Lipinski definition) is 1. The van der Waals surface area contributed by atoms with E-state index in [4.69, 9.17) is 23.2 Å². The van der Waals surface area contributed by atoms with Gasteiger partial charge in [0.2, 0.25) is 5.91 Å². The van der Waals surface area contributed by atoms with Crippen LogP contribution in [0.15, 0.2) is 36.4 Å². The van der Waals surface area contributed by atoms with Crippen LogP contribution < -0.4 is 5.32 Å². The first-order chi connectivity index (χ1) is 9.82. The molecule has 1 amide bonds. The first-order valence-corrected chi connectivity index (χ1v) is 7.27. The van der Waals surface area contributed by atoms with Crippen LogP contribution in [0.1, 0.15) is 25.0 Å². The molecule has 2 aromatic rings. The third-order valence-electron chi connectivity index (χ3n) is 3.44. The molecular weight excluding hydrogens is 307 g/mol. The fourth-order valence-electron chi connectivity index (χ4n) is 2.00. The Kier molecular flexibility index (Phi) is 4.55. The summed E-state index contributed by atoms with van der Waals surface area (Å²) in [5.74, 6) is -0.150. The molecule has 5 heteroatoms. The zero-order valence-electron chi connectivity index (χ0n) is 12.1. The number of aryl methyl sites for hydroxylation is 1. The Morgan fingerprint density at radius 1 is 1.19 bits per heavy atom. The molecule has 0 radical (unpaired) electrons. The maximum Gasteiger partial charge on any atom is 0.234 e. The molecule has 0 atom stereocenters. The van der Waals surface area contributed by atoms with Gasteiger partial charge in [0.05, 0.1) is 11.1 Å². The van der Waals surface area contributed by atoms with Crippen LogP contribution in [0, 0.1) is 6.92 Å². The lowest BCUT2D eigenvalue weighted by Gasteiger charge is -2.25. The molecule has 1 aromatic heterocycles. The second-order valence-corrected chi connectivity index (χ2v) is 6.12. The van der Waals surface area contributed by atoms with E-state index in [0.29, 0.717) is 10.8 Å². The van der Waals surface area contributed by atoms with Gasteiger partial charge in [0.25, 0.3) is 0 Å². The lowest BCUT2D eigenvalue weighted by molar-refractivity contribution is -0.120. The highest BCUT2D eigenvalue weighted by atomic mass is 35.5. The first kappa shape index (κ1) is 15.8. The van der Waals surface area contributed by atoms with E-state index in [1.54, 1.807) is 6.07 Å². The van der Waals surface area contributed by atoms with E-state index in [1.807, 2.05) is 51.1 Å². The molecule has 0 spiro atoms. The van der Waals surface area contributed by atoms with Crippen LogP contribution in [-0.4, -0.2) is 10.9 Å². The van der Waals surface area contributed by atoms with Crippen molar-refractivity contribution in [2.75, 3.05) is 5.32 Å². The Morgan fingerprint density at radius 3 is 2.38 bits per heavy atom. The highest BCUT2D eigenvalue weighted by Crippen LogP contribution is 2.30. The van der Waals surface area contributed by atoms with Crippen molar-refractivity contribution < 1.29 is 4.79 Å². The van der Waals surface area contributed by atoms with Crippen molar-refractivity contribution in [2.45, 2.75) is 26.2 Å². The molecule has 0 aliphatic heterocycles. The Morgan fingerprint density at radius 2 is 1.81 bits per heavy atom. The SMILES string of the molecule is Cc1cc(Cl)nc(Cl)c1NC(=O)C(C)(C)c1ccccc1. The van der Waals surface area contributed by atoms with Crippen molar-refractivity contribution in [1.82, 2.24) is 4.98 Å². The second-order valence-electron chi connectivity index (χ2n) is 5.37. The van der Waals surface area contributed by atoms with Crippen LogP contribution in [0.4, 0.5) is 5.69 Å². The minimum Gasteiger partial charge on any atom is -0.322 e. The summed E-state index contributed by atoms with van der Waals surface area (Å²) < 4.78 is 0. The van der Waals surface area contributed by atoms with Gasteiger partial charge in [0, 0.05) is 0 Å². The van der Waals surface area contributed by atoms with Gasteiger partial charge in [0.1, 0.15) is 5.15 Å². The van der Waals surface area contributed by atoms with Crippen molar-refractivity contribution in [3.8, 4) is 0 Å². The molecule has 0 saturated heterocycles. The van der Waals surface area contributed by atoms with E-state index in [9.17, 15) is 4.79 Å². The maximum atomic E-state index is 12.6. The summed E-state index contributed by atoms with van der Waals surface area (Å²) in [6, 6.07) is 11.3. The van der Waals surface area contributed by atoms with Crippen molar-refractivity contribution in [3.63, 3.8) is 0 Å². The van der Waals surface area contributed by atoms with Crippen LogP contribution in [0.2, 0.25) is 10.3 Å². The Labute approximate surface area is 134 Å². The Balaban J connectivity index is 2.30. The van der Waals surface area contributed by atoms with Crippen molar-refractivity contribution in [2.24, 2.45) is 0 Å². The highest BCUT2D eigenvalue weighted by Gasteiger charge is 2.30. The van der Waals surface area contributed by atoms with Crippen LogP contribution >= 0.6 is 23.2 Å². The van der Waals surface area contributed by atoms with Gasteiger partial charge < -0.3 is 5.32 Å². The molecular formula is C16H16Cl2N2O. The van der Waals surface area contributed by atoms with E-state index in [1.165, 1.54) is 0 Å². The van der Waals surface area contributed by atoms with Crippen LogP contribution in [0.5, 0.6) is 0 Å². The number of amides is 1. The lowest BCUT2D eigenvalue weighted by atomic mass is 9.83. The molecule has 110 valence electrons. The van der Waals surface area contributed by atoms with Gasteiger partial charge in [-0.05, 0) is 38.0 Å². The average Bonchev–Trinajstić information content (AvgIpc) is 2.43. The molecule has 1 heterocycles. The normalized spacial score (nSPS) is 11.3. The smallest absolute Gasteiger partial charge is 0.234 e. The average molecular weight is 323 g/mol. The van der Waals surface area contributed by atoms with E-state index in [2.05, 4.69) is 10.3 Å². The summed E-state index contributed by atoms with van der Waals surface area (Å²) in [5, 5.41) is 3.35. The molecule has 3 nitrogen and oxygen atoms in total. The third-order valence-corrected chi connectivity index (χ3v) is 3.91. The number of pyridine rings is 1. The van der Waals surface area contributed by atoms with Crippen LogP contribution in [-0.2, 0) is 10.2 Å². The molecule has 1 aromatic carbocycles. The van der Waals surface area contributed by atoms with Crippen molar-refractivity contribution in [1.29, 1.82) is 0 Å². The summed E-state index contributed by atoms with van der Waals surface area (Å²) in [5.41, 5.74) is 1.52. The lowest BCUT2D eigenvalue weighted by Crippen LogP contribution is -2.35. The van der Waals surface area contributed by atoms with E-state index < -0.39 is 5.41 Å². The highest BCUT2D eigenvalue weighted by molar-refractivity contribution is 6.34. The molecule has 0 aliphatic rings. The Bertz CT molecular complexity index is 646. The fraction of sp³-hybridized carbons (Fsp3) is 0.250. The minimum absolute atomic E-state index is 0.150. The Hall–Kier alpha value is -1.58. The number of carbonyl (C=O) groups excluding carboxylic acids is 1. The number of rotatable bonds is 3. The predicted molar refractivity (Wildman–Crippen MR) is 87.1 cm³/mol. The van der Waals surface area contributed by atoms with Gasteiger partial charge in [0.15, 0.2) is 5.15 Å². The largest absolute Gasteiger partial charge is 0.322 e. The summed E-state index contributed by atoms with van der Waals surface area (Å²) in [7, 11) is 0. The quantitative estimate of drug-likeness (QED) is 0.838. The summed E-state index contributed by atoms with van der Waals surface area (Å²) >= 11 is 11.9. The monoisotopic (exact) mass is 322 g/mol. The molecule has 21 heavy (non-hydrogen) atoms. The van der Waals surface area contributed by atoms with Gasteiger partial charge in [-0.15, -0.1) is 0 Å². The number of aromatic nitrogens is 1. The maximum absolute atomic E-state index is 12.6. The van der Waals surface area contributed by atoms with Crippen molar-refractivity contribution in [3.05, 3.63) is 57.8 Å². The number of halogens is 2. The zero-order valence-corrected chi connectivity index (χ0v) is 13.6. The predicted octanol–water partition coefficient (Wildman–Crippen LogP) is 4.61. The molecule has 2 rings (SSSR count). The number of carbonyl (C=O) groups is 1. The van der Waals surface area contributed by atoms with Crippen LogP contribution in [0.25, 0.3) is 0 Å². The summed E-state index contributed by atoms with van der Waals surface area (Å²) in [4.78, 5) is 16.6. The van der Waals surface area contributed by atoms with Crippen LogP contribution in [0.3, 0.4) is 0 Å². The standard InChI is InChI=1S/C16H16Cl2N2O/c1-10-9-12(17)19-14(18)13(10)20-15(21)16(2,3)11-7-5-4-6-8-11/h4-9H,1-3H3,(H,20,21). The van der Waals surface area contributed by atoms with Gasteiger partial charge in [-0.25, -0.2) is 4.98 Å². The van der Waals surface area contributed by atoms with E-state index in [-0.39, 0.29) is 11.1 Å². The number of benzene rings is 1. The number of nitrogens with one attached hydrogen (secondary N) is 1. The molecule has 1 N–H and O–H groups in total. The van der Waals surface area contributed by atoms with Gasteiger partial charge in [-0.3, -0.25) is 4.79 Å². The number of nitrogens with zero attached hydrogens (tertiary/aromatic N) is 1. The molecule has 0 fully saturated rings. The zero-order chi connectivity index (χ0) is 15.6. The second kappa shape index (κ2) is 6.04. The van der Waals surface area contributed by atoms with Crippen molar-refractivity contribution >= 4 is 34.8 Å². The number of hydrogen-bond acceptors (Lipinski definition) is 2. The van der Waals surface area contributed by atoms with E-state index >= 15 is 0 Å². The molecule has 0 bridgehead atoms. The summed E-state index contributed by atoms with van der Waals surface area (Å²) in [6.07, 6.45) is 0. The molecule has 0 aliphatic carbocycles. The fourth-order valence-corrected chi connectivity index (χ4v) is 2.58. The van der Waals surface area contributed by atoms with E-state index in [0.717, 1.165) is 11.1 Å². The van der Waals surface area contributed by atoms with Gasteiger partial charge in [-0.2, -0.15) is 0 Å².